The molecule has 2 heterocycles. The monoisotopic (exact) mass is 163 g/mol. The Labute approximate surface area is 69.3 Å². The van der Waals surface area contributed by atoms with Gasteiger partial charge >= 0.3 is 0 Å². The van der Waals surface area contributed by atoms with Gasteiger partial charge in [-0.25, -0.2) is 9.97 Å². The first-order valence-corrected chi connectivity index (χ1v) is 3.79. The fourth-order valence-corrected chi connectivity index (χ4v) is 1.01. The summed E-state index contributed by atoms with van der Waals surface area (Å²) < 4.78 is 0. The number of anilines is 1. The van der Waals surface area contributed by atoms with Gasteiger partial charge in [0.05, 0.1) is 6.20 Å². The number of hydrogen-bond donors (Lipinski definition) is 2. The van der Waals surface area contributed by atoms with Gasteiger partial charge in [-0.05, 0) is 6.92 Å². The Balaban J connectivity index is 2.47. The molecule has 2 aromatic rings. The van der Waals surface area contributed by atoms with Gasteiger partial charge in [-0.2, -0.15) is 4.98 Å². The Morgan fingerprint density at radius 1 is 1.58 bits per heavy atom. The van der Waals surface area contributed by atoms with Crippen molar-refractivity contribution in [3.63, 3.8) is 0 Å². The minimum Gasteiger partial charge on any atom is -0.356 e. The number of aromatic nitrogens is 4. The molecular formula is C7H9N5. The molecule has 0 aliphatic carbocycles. The van der Waals surface area contributed by atoms with Crippen molar-refractivity contribution in [3.8, 4) is 0 Å². The lowest BCUT2D eigenvalue weighted by atomic mass is 10.6. The molecule has 5 nitrogen and oxygen atoms in total. The molecule has 0 aromatic carbocycles. The summed E-state index contributed by atoms with van der Waals surface area (Å²) in [5.74, 6) is 0.744. The van der Waals surface area contributed by atoms with Gasteiger partial charge in [0, 0.05) is 6.54 Å². The fraction of sp³-hybridized carbons (Fsp3) is 0.286. The van der Waals surface area contributed by atoms with E-state index in [9.17, 15) is 0 Å². The third-order valence-corrected chi connectivity index (χ3v) is 1.51. The maximum absolute atomic E-state index is 4.18. The number of imidazole rings is 1. The van der Waals surface area contributed by atoms with Crippen LogP contribution in [0.15, 0.2) is 12.5 Å². The number of aromatic amines is 1. The minimum atomic E-state index is 0.695. The summed E-state index contributed by atoms with van der Waals surface area (Å²) in [7, 11) is 0. The van der Waals surface area contributed by atoms with Crippen LogP contribution in [-0.4, -0.2) is 26.5 Å². The number of rotatable bonds is 2. The second kappa shape index (κ2) is 2.77. The molecule has 0 aliphatic rings. The molecule has 0 fully saturated rings. The van der Waals surface area contributed by atoms with Gasteiger partial charge in [-0.15, -0.1) is 0 Å². The molecule has 5 heteroatoms. The predicted octanol–water partition coefficient (Wildman–Crippen LogP) is 0.785. The van der Waals surface area contributed by atoms with Crippen LogP contribution >= 0.6 is 0 Å². The number of nitrogens with one attached hydrogen (secondary N) is 2. The molecule has 0 bridgehead atoms. The molecule has 0 atom stereocenters. The second-order valence-electron chi connectivity index (χ2n) is 2.38. The standard InChI is InChI=1S/C7H9N5/c1-2-9-7-11-5-3-8-4-10-6(5)12-7/h3-4H,2H2,1H3,(H2,8,9,10,11,12). The number of nitrogens with zero attached hydrogens (tertiary/aromatic N) is 3. The summed E-state index contributed by atoms with van der Waals surface area (Å²) in [6.07, 6.45) is 3.19. The van der Waals surface area contributed by atoms with Crippen molar-refractivity contribution in [3.05, 3.63) is 12.5 Å². The third-order valence-electron chi connectivity index (χ3n) is 1.51. The van der Waals surface area contributed by atoms with Crippen molar-refractivity contribution >= 4 is 17.1 Å². The number of fused-ring (bicyclic) bond motifs is 1. The van der Waals surface area contributed by atoms with Crippen molar-refractivity contribution in [2.24, 2.45) is 0 Å². The highest BCUT2D eigenvalue weighted by Gasteiger charge is 2.00. The van der Waals surface area contributed by atoms with E-state index in [1.165, 1.54) is 6.33 Å². The topological polar surface area (TPSA) is 66.5 Å². The molecule has 2 aromatic heterocycles. The van der Waals surface area contributed by atoms with Crippen LogP contribution in [0.5, 0.6) is 0 Å². The zero-order valence-corrected chi connectivity index (χ0v) is 6.70. The van der Waals surface area contributed by atoms with Gasteiger partial charge in [0.2, 0.25) is 5.95 Å². The van der Waals surface area contributed by atoms with E-state index in [-0.39, 0.29) is 0 Å². The molecule has 0 radical (unpaired) electrons. The van der Waals surface area contributed by atoms with Crippen LogP contribution in [0.1, 0.15) is 6.92 Å². The lowest BCUT2D eigenvalue weighted by Crippen LogP contribution is -1.97. The van der Waals surface area contributed by atoms with Crippen LogP contribution in [0, 0.1) is 0 Å². The van der Waals surface area contributed by atoms with E-state index in [0.29, 0.717) is 5.65 Å². The molecule has 0 unspecified atom stereocenters. The molecule has 0 saturated heterocycles. The second-order valence-corrected chi connectivity index (χ2v) is 2.38. The van der Waals surface area contributed by atoms with Crippen LogP contribution in [-0.2, 0) is 0 Å². The molecule has 0 saturated carbocycles. The number of hydrogen-bond acceptors (Lipinski definition) is 4. The zero-order chi connectivity index (χ0) is 8.39. The average molecular weight is 163 g/mol. The van der Waals surface area contributed by atoms with Gasteiger partial charge in [0.1, 0.15) is 11.8 Å². The molecule has 0 amide bonds. The Bertz CT molecular complexity index is 347. The van der Waals surface area contributed by atoms with E-state index in [2.05, 4.69) is 25.3 Å². The van der Waals surface area contributed by atoms with E-state index in [1.54, 1.807) is 6.20 Å². The SMILES string of the molecule is CCNc1nc2ncncc2[nH]1. The van der Waals surface area contributed by atoms with Crippen molar-refractivity contribution in [1.82, 2.24) is 19.9 Å². The van der Waals surface area contributed by atoms with Crippen LogP contribution in [0.4, 0.5) is 5.95 Å². The number of H-pyrrole nitrogens is 1. The highest BCUT2D eigenvalue weighted by Crippen LogP contribution is 2.08. The fourth-order valence-electron chi connectivity index (χ4n) is 1.01. The smallest absolute Gasteiger partial charge is 0.202 e. The molecule has 62 valence electrons. The average Bonchev–Trinajstić information content (AvgIpc) is 2.47. The molecule has 2 N–H and O–H groups in total. The quantitative estimate of drug-likeness (QED) is 0.686. The van der Waals surface area contributed by atoms with Crippen molar-refractivity contribution in [1.29, 1.82) is 0 Å². The van der Waals surface area contributed by atoms with E-state index < -0.39 is 0 Å². The normalized spacial score (nSPS) is 10.4. The lowest BCUT2D eigenvalue weighted by molar-refractivity contribution is 1.14. The maximum atomic E-state index is 4.18. The first-order chi connectivity index (χ1) is 5.90. The van der Waals surface area contributed by atoms with Gasteiger partial charge in [0.25, 0.3) is 0 Å². The summed E-state index contributed by atoms with van der Waals surface area (Å²) in [6, 6.07) is 0. The van der Waals surface area contributed by atoms with Crippen LogP contribution < -0.4 is 5.32 Å². The summed E-state index contributed by atoms with van der Waals surface area (Å²) in [6.45, 7) is 2.85. The molecular weight excluding hydrogens is 154 g/mol. The summed E-state index contributed by atoms with van der Waals surface area (Å²) in [4.78, 5) is 15.1. The van der Waals surface area contributed by atoms with Crippen LogP contribution in [0.3, 0.4) is 0 Å². The molecule has 0 aliphatic heterocycles. The highest BCUT2D eigenvalue weighted by molar-refractivity contribution is 5.71. The molecule has 12 heavy (non-hydrogen) atoms. The summed E-state index contributed by atoms with van der Waals surface area (Å²) in [5, 5.41) is 3.06. The maximum Gasteiger partial charge on any atom is 0.202 e. The first kappa shape index (κ1) is 7.02. The summed E-state index contributed by atoms with van der Waals surface area (Å²) in [5.41, 5.74) is 1.55. The van der Waals surface area contributed by atoms with Gasteiger partial charge < -0.3 is 10.3 Å². The lowest BCUT2D eigenvalue weighted by Gasteiger charge is -1.92. The highest BCUT2D eigenvalue weighted by atomic mass is 15.1. The largest absolute Gasteiger partial charge is 0.356 e. The molecule has 2 rings (SSSR count). The van der Waals surface area contributed by atoms with Gasteiger partial charge in [-0.3, -0.25) is 0 Å². The van der Waals surface area contributed by atoms with Crippen molar-refractivity contribution in [2.45, 2.75) is 6.92 Å². The van der Waals surface area contributed by atoms with E-state index in [0.717, 1.165) is 18.0 Å². The van der Waals surface area contributed by atoms with E-state index >= 15 is 0 Å². The van der Waals surface area contributed by atoms with Crippen LogP contribution in [0.25, 0.3) is 11.2 Å². The van der Waals surface area contributed by atoms with Crippen molar-refractivity contribution in [2.75, 3.05) is 11.9 Å². The summed E-state index contributed by atoms with van der Waals surface area (Å²) >= 11 is 0. The Morgan fingerprint density at radius 3 is 3.25 bits per heavy atom. The van der Waals surface area contributed by atoms with Gasteiger partial charge in [-0.1, -0.05) is 0 Å². The van der Waals surface area contributed by atoms with E-state index in [4.69, 9.17) is 0 Å². The zero-order valence-electron chi connectivity index (χ0n) is 6.70. The van der Waals surface area contributed by atoms with E-state index in [1.807, 2.05) is 6.92 Å². The van der Waals surface area contributed by atoms with Crippen LogP contribution in [0.2, 0.25) is 0 Å². The Hall–Kier alpha value is -1.65. The molecule has 0 spiro atoms. The van der Waals surface area contributed by atoms with Crippen molar-refractivity contribution < 1.29 is 0 Å². The van der Waals surface area contributed by atoms with Gasteiger partial charge in [0.15, 0.2) is 5.65 Å². The Morgan fingerprint density at radius 2 is 2.50 bits per heavy atom. The Kier molecular flexibility index (Phi) is 1.62. The predicted molar refractivity (Wildman–Crippen MR) is 45.8 cm³/mol. The first-order valence-electron chi connectivity index (χ1n) is 3.79. The minimum absolute atomic E-state index is 0.695. The third kappa shape index (κ3) is 1.09.